The number of rotatable bonds is 3. The van der Waals surface area contributed by atoms with E-state index in [9.17, 15) is 4.79 Å². The number of nitrogens with one attached hydrogen (secondary N) is 1. The number of carbonyl (C=O) groups is 1. The van der Waals surface area contributed by atoms with Gasteiger partial charge in [-0.25, -0.2) is 0 Å². The molecule has 6 rings (SSSR count). The van der Waals surface area contributed by atoms with E-state index in [-0.39, 0.29) is 11.4 Å². The first-order chi connectivity index (χ1) is 13.7. The minimum atomic E-state index is -0.149. The van der Waals surface area contributed by atoms with Crippen molar-refractivity contribution in [3.8, 4) is 11.3 Å². The third-order valence-corrected chi connectivity index (χ3v) is 7.48. The van der Waals surface area contributed by atoms with Crippen LogP contribution in [0.15, 0.2) is 18.2 Å². The molecular formula is C23H28N4OS. The second-order valence-electron chi connectivity index (χ2n) is 9.38. The summed E-state index contributed by atoms with van der Waals surface area (Å²) in [4.78, 5) is 24.1. The number of piperidine rings is 2. The van der Waals surface area contributed by atoms with Gasteiger partial charge in [0.15, 0.2) is 0 Å². The number of amides is 1. The largest absolute Gasteiger partial charge is 0.354 e. The van der Waals surface area contributed by atoms with Crippen molar-refractivity contribution < 1.29 is 4.79 Å². The summed E-state index contributed by atoms with van der Waals surface area (Å²) < 4.78 is 1.19. The maximum Gasteiger partial charge on any atom is 0.264 e. The first-order valence-electron chi connectivity index (χ1n) is 10.4. The molecule has 3 fully saturated rings. The molecule has 1 aliphatic carbocycles. The molecule has 0 unspecified atom stereocenters. The van der Waals surface area contributed by atoms with Crippen molar-refractivity contribution in [3.63, 3.8) is 0 Å². The molecule has 3 aromatic rings. The number of nitrogens with two attached hydrogens (primary N) is 1. The van der Waals surface area contributed by atoms with Crippen LogP contribution in [0.2, 0.25) is 0 Å². The smallest absolute Gasteiger partial charge is 0.264 e. The molecule has 29 heavy (non-hydrogen) atoms. The van der Waals surface area contributed by atoms with Crippen LogP contribution in [0.3, 0.4) is 0 Å². The molecule has 2 aliphatic heterocycles. The predicted octanol–water partition coefficient (Wildman–Crippen LogP) is 4.59. The third kappa shape index (κ3) is 3.09. The van der Waals surface area contributed by atoms with Gasteiger partial charge in [0.25, 0.3) is 5.91 Å². The molecule has 5 nitrogen and oxygen atoms in total. The standard InChI is InChI=1S/C23H28N4OS/c1-12(2)19-20(16-5-13(3)25-14(4)6-16)26-17-7-18(29-21(17)19)22(28)27-10-15-8-23(24,9-15)11-27/h5-7,12,15,26H,8-11,24H2,1-4H3. The van der Waals surface area contributed by atoms with E-state index in [0.717, 1.165) is 52.4 Å². The fourth-order valence-corrected chi connectivity index (χ4v) is 6.56. The third-order valence-electron chi connectivity index (χ3n) is 6.33. The van der Waals surface area contributed by atoms with Gasteiger partial charge in [-0.05, 0) is 62.3 Å². The summed E-state index contributed by atoms with van der Waals surface area (Å²) in [6.07, 6.45) is 2.13. The zero-order chi connectivity index (χ0) is 20.5. The minimum absolute atomic E-state index is 0.130. The molecule has 2 bridgehead atoms. The van der Waals surface area contributed by atoms with E-state index in [1.54, 1.807) is 11.3 Å². The van der Waals surface area contributed by atoms with Gasteiger partial charge in [-0.2, -0.15) is 0 Å². The maximum atomic E-state index is 13.2. The molecule has 6 heteroatoms. The first kappa shape index (κ1) is 18.8. The highest BCUT2D eigenvalue weighted by molar-refractivity contribution is 7.21. The zero-order valence-corrected chi connectivity index (χ0v) is 18.3. The molecule has 0 atom stereocenters. The molecular weight excluding hydrogens is 380 g/mol. The number of fused-ring (bicyclic) bond motifs is 3. The van der Waals surface area contributed by atoms with Gasteiger partial charge in [-0.1, -0.05) is 13.8 Å². The summed E-state index contributed by atoms with van der Waals surface area (Å²) in [6, 6.07) is 6.28. The number of nitrogens with zero attached hydrogens (tertiary/aromatic N) is 2. The Labute approximate surface area is 175 Å². The highest BCUT2D eigenvalue weighted by atomic mass is 32.1. The van der Waals surface area contributed by atoms with Crippen LogP contribution in [0.1, 0.15) is 59.2 Å². The van der Waals surface area contributed by atoms with Crippen molar-refractivity contribution in [2.24, 2.45) is 11.7 Å². The van der Waals surface area contributed by atoms with Crippen LogP contribution in [0.4, 0.5) is 0 Å². The fraction of sp³-hybridized carbons (Fsp3) is 0.478. The molecule has 152 valence electrons. The SMILES string of the molecule is Cc1cc(-c2[nH]c3cc(C(=O)N4CC5CC(N)(C5)C4)sc3c2C(C)C)cc(C)n1. The average Bonchev–Trinajstić information content (AvgIpc) is 3.16. The molecule has 3 aliphatic rings. The summed E-state index contributed by atoms with van der Waals surface area (Å²) in [6.45, 7) is 10.0. The molecule has 0 aromatic carbocycles. The maximum absolute atomic E-state index is 13.2. The van der Waals surface area contributed by atoms with Gasteiger partial charge in [0.1, 0.15) is 0 Å². The van der Waals surface area contributed by atoms with Crippen LogP contribution in [0, 0.1) is 19.8 Å². The molecule has 0 radical (unpaired) electrons. The van der Waals surface area contributed by atoms with Gasteiger partial charge in [0, 0.05) is 35.6 Å². The second kappa shape index (κ2) is 6.41. The topological polar surface area (TPSA) is 75.0 Å². The number of aromatic amines is 1. The highest BCUT2D eigenvalue weighted by Gasteiger charge is 2.48. The first-order valence-corrected chi connectivity index (χ1v) is 11.2. The Morgan fingerprint density at radius 1 is 1.28 bits per heavy atom. The average molecular weight is 409 g/mol. The fourth-order valence-electron chi connectivity index (χ4n) is 5.28. The lowest BCUT2D eigenvalue weighted by Crippen LogP contribution is -2.66. The van der Waals surface area contributed by atoms with Crippen LogP contribution in [0.25, 0.3) is 21.5 Å². The van der Waals surface area contributed by atoms with Gasteiger partial charge in [0.05, 0.1) is 20.8 Å². The molecule has 5 heterocycles. The number of aromatic nitrogens is 2. The van der Waals surface area contributed by atoms with Crippen molar-refractivity contribution in [3.05, 3.63) is 40.0 Å². The summed E-state index contributed by atoms with van der Waals surface area (Å²) in [5.74, 6) is 1.06. The van der Waals surface area contributed by atoms with Gasteiger partial charge < -0.3 is 15.6 Å². The van der Waals surface area contributed by atoms with Gasteiger partial charge in [-0.3, -0.25) is 9.78 Å². The van der Waals surface area contributed by atoms with E-state index in [1.807, 2.05) is 24.8 Å². The minimum Gasteiger partial charge on any atom is -0.354 e. The number of carbonyl (C=O) groups excluding carboxylic acids is 1. The van der Waals surface area contributed by atoms with Crippen LogP contribution >= 0.6 is 11.3 Å². The van der Waals surface area contributed by atoms with Crippen LogP contribution < -0.4 is 5.73 Å². The molecule has 0 spiro atoms. The molecule has 1 amide bonds. The summed E-state index contributed by atoms with van der Waals surface area (Å²) >= 11 is 1.61. The monoisotopic (exact) mass is 408 g/mol. The van der Waals surface area contributed by atoms with Crippen molar-refractivity contribution in [1.29, 1.82) is 0 Å². The Morgan fingerprint density at radius 3 is 2.59 bits per heavy atom. The quantitative estimate of drug-likeness (QED) is 0.665. The normalized spacial score (nSPS) is 23.7. The van der Waals surface area contributed by atoms with Crippen molar-refractivity contribution in [1.82, 2.24) is 14.9 Å². The number of thiophene rings is 1. The van der Waals surface area contributed by atoms with E-state index in [4.69, 9.17) is 5.73 Å². The predicted molar refractivity (Wildman–Crippen MR) is 119 cm³/mol. The summed E-state index contributed by atoms with van der Waals surface area (Å²) in [5, 5.41) is 0. The number of aryl methyl sites for hydroxylation is 2. The Hall–Kier alpha value is -2.18. The number of pyridine rings is 1. The lowest BCUT2D eigenvalue weighted by Gasteiger charge is -2.54. The van der Waals surface area contributed by atoms with E-state index >= 15 is 0 Å². The molecule has 3 aromatic heterocycles. The van der Waals surface area contributed by atoms with E-state index < -0.39 is 0 Å². The Balaban J connectivity index is 1.53. The molecule has 1 saturated carbocycles. The van der Waals surface area contributed by atoms with Crippen molar-refractivity contribution in [2.45, 2.75) is 52.0 Å². The highest BCUT2D eigenvalue weighted by Crippen LogP contribution is 2.43. The van der Waals surface area contributed by atoms with Gasteiger partial charge in [-0.15, -0.1) is 11.3 Å². The van der Waals surface area contributed by atoms with Crippen LogP contribution in [-0.2, 0) is 0 Å². The van der Waals surface area contributed by atoms with E-state index in [2.05, 4.69) is 35.9 Å². The lowest BCUT2D eigenvalue weighted by atomic mass is 9.65. The number of hydrogen-bond acceptors (Lipinski definition) is 4. The number of H-pyrrole nitrogens is 1. The van der Waals surface area contributed by atoms with Gasteiger partial charge in [0.2, 0.25) is 0 Å². The second-order valence-corrected chi connectivity index (χ2v) is 10.4. The lowest BCUT2D eigenvalue weighted by molar-refractivity contribution is 0.00638. The van der Waals surface area contributed by atoms with Crippen molar-refractivity contribution in [2.75, 3.05) is 13.1 Å². The Bertz CT molecular complexity index is 1100. The molecule has 3 N–H and O–H groups in total. The van der Waals surface area contributed by atoms with E-state index in [0.29, 0.717) is 18.4 Å². The zero-order valence-electron chi connectivity index (χ0n) is 17.5. The Morgan fingerprint density at radius 2 is 1.97 bits per heavy atom. The van der Waals surface area contributed by atoms with Crippen LogP contribution in [0.5, 0.6) is 0 Å². The van der Waals surface area contributed by atoms with Crippen LogP contribution in [-0.4, -0.2) is 39.4 Å². The Kier molecular flexibility index (Phi) is 4.16. The van der Waals surface area contributed by atoms with Gasteiger partial charge >= 0.3 is 0 Å². The summed E-state index contributed by atoms with van der Waals surface area (Å²) in [5.41, 5.74) is 12.9. The van der Waals surface area contributed by atoms with Crippen molar-refractivity contribution >= 4 is 27.5 Å². The number of hydrogen-bond donors (Lipinski definition) is 2. The molecule has 2 saturated heterocycles. The van der Waals surface area contributed by atoms with E-state index in [1.165, 1.54) is 10.3 Å². The summed E-state index contributed by atoms with van der Waals surface area (Å²) in [7, 11) is 0.